The van der Waals surface area contributed by atoms with Crippen LogP contribution in [0.5, 0.6) is 0 Å². The highest BCUT2D eigenvalue weighted by molar-refractivity contribution is 6.00. The van der Waals surface area contributed by atoms with Gasteiger partial charge >= 0.3 is 0 Å². The Labute approximate surface area is 423 Å². The van der Waals surface area contributed by atoms with E-state index in [1.165, 1.54) is 13.8 Å². The van der Waals surface area contributed by atoms with Gasteiger partial charge in [-0.25, -0.2) is 0 Å². The largest absolute Gasteiger partial charge is 0.379 e. The highest BCUT2D eigenvalue weighted by atomic mass is 16.6. The summed E-state index contributed by atoms with van der Waals surface area (Å²) in [6.07, 6.45) is 6.95. The molecule has 0 radical (unpaired) electrons. The standard InChI is InChI=1S/C54H88N2O15/c1-7-11-12-13-14-47(42(6)58)38-51(60)49-40-56(39-48(49)50(59)37-44(10-4)41(5)57)52(61)19-21-64-23-25-66-27-29-68-31-33-70-35-36-71-34-32-69-30-28-67-26-24-65-22-20-55-54(63)46-17-15-45(16-18-46)53(62)43(8-2)9-3/h15-18,43-44,47-49H,7-14,19-40H2,1-6H3,(H,55,63). The van der Waals surface area contributed by atoms with E-state index >= 15 is 0 Å². The van der Waals surface area contributed by atoms with Gasteiger partial charge in [0.2, 0.25) is 5.91 Å². The fourth-order valence-electron chi connectivity index (χ4n) is 8.27. The minimum atomic E-state index is -0.696. The van der Waals surface area contributed by atoms with Crippen molar-refractivity contribution in [3.8, 4) is 0 Å². The van der Waals surface area contributed by atoms with Gasteiger partial charge in [0.15, 0.2) is 5.78 Å². The number of unbranched alkanes of at least 4 members (excludes halogenated alkanes) is 3. The zero-order valence-corrected chi connectivity index (χ0v) is 44.0. The summed E-state index contributed by atoms with van der Waals surface area (Å²) in [5.41, 5.74) is 1.13. The van der Waals surface area contributed by atoms with E-state index in [2.05, 4.69) is 12.2 Å². The number of hydrogen-bond donors (Lipinski definition) is 1. The van der Waals surface area contributed by atoms with Crippen LogP contribution in [-0.4, -0.2) is 171 Å². The van der Waals surface area contributed by atoms with Gasteiger partial charge in [-0.3, -0.25) is 33.6 Å². The Morgan fingerprint density at radius 2 is 0.901 bits per heavy atom. The monoisotopic (exact) mass is 1000 g/mol. The molecule has 1 N–H and O–H groups in total. The third kappa shape index (κ3) is 27.2. The first-order valence-electron chi connectivity index (χ1n) is 26.3. The first kappa shape index (κ1) is 63.3. The van der Waals surface area contributed by atoms with E-state index in [9.17, 15) is 33.6 Å². The van der Waals surface area contributed by atoms with E-state index in [-0.39, 0.29) is 92.2 Å². The van der Waals surface area contributed by atoms with E-state index in [0.29, 0.717) is 123 Å². The molecule has 17 nitrogen and oxygen atoms in total. The van der Waals surface area contributed by atoms with Crippen LogP contribution in [0.4, 0.5) is 0 Å². The molecule has 0 bridgehead atoms. The summed E-state index contributed by atoms with van der Waals surface area (Å²) >= 11 is 0. The van der Waals surface area contributed by atoms with Crippen LogP contribution in [0, 0.1) is 29.6 Å². The predicted octanol–water partition coefficient (Wildman–Crippen LogP) is 6.34. The Balaban J connectivity index is 1.43. The molecular formula is C54H88N2O15. The van der Waals surface area contributed by atoms with E-state index in [4.69, 9.17) is 37.9 Å². The van der Waals surface area contributed by atoms with Gasteiger partial charge in [-0.2, -0.15) is 0 Å². The number of nitrogens with zero attached hydrogens (tertiary/aromatic N) is 1. The molecule has 2 rings (SSSR count). The molecule has 0 aromatic heterocycles. The van der Waals surface area contributed by atoms with Crippen LogP contribution in [-0.2, 0) is 61.9 Å². The summed E-state index contributed by atoms with van der Waals surface area (Å²) in [7, 11) is 0. The van der Waals surface area contributed by atoms with Crippen LogP contribution in [0.3, 0.4) is 0 Å². The highest BCUT2D eigenvalue weighted by Gasteiger charge is 2.44. The van der Waals surface area contributed by atoms with E-state index < -0.39 is 23.7 Å². The summed E-state index contributed by atoms with van der Waals surface area (Å²) in [5, 5.41) is 2.81. The van der Waals surface area contributed by atoms with Crippen LogP contribution in [0.15, 0.2) is 24.3 Å². The fraction of sp³-hybridized carbons (Fsp3) is 0.759. The molecule has 1 aliphatic rings. The van der Waals surface area contributed by atoms with Gasteiger partial charge in [-0.1, -0.05) is 65.5 Å². The number of rotatable bonds is 46. The second kappa shape index (κ2) is 39.7. The van der Waals surface area contributed by atoms with E-state index in [0.717, 1.165) is 38.5 Å². The molecule has 0 aliphatic carbocycles. The third-order valence-corrected chi connectivity index (χ3v) is 12.8. The molecule has 1 aromatic rings. The lowest BCUT2D eigenvalue weighted by atomic mass is 9.80. The Morgan fingerprint density at radius 3 is 1.31 bits per heavy atom. The van der Waals surface area contributed by atoms with Crippen molar-refractivity contribution in [3.05, 3.63) is 35.4 Å². The summed E-state index contributed by atoms with van der Waals surface area (Å²) in [6.45, 7) is 17.7. The minimum Gasteiger partial charge on any atom is -0.379 e. The molecule has 17 heteroatoms. The maximum absolute atomic E-state index is 13.7. The normalized spacial score (nSPS) is 15.5. The summed E-state index contributed by atoms with van der Waals surface area (Å²) < 4.78 is 44.3. The molecule has 1 heterocycles. The Bertz CT molecular complexity index is 1670. The number of carbonyl (C=O) groups is 7. The molecule has 71 heavy (non-hydrogen) atoms. The molecule has 1 saturated heterocycles. The Kier molecular flexibility index (Phi) is 35.4. The quantitative estimate of drug-likeness (QED) is 0.0558. The maximum Gasteiger partial charge on any atom is 0.251 e. The van der Waals surface area contributed by atoms with Crippen molar-refractivity contribution in [2.75, 3.05) is 125 Å². The summed E-state index contributed by atoms with van der Waals surface area (Å²) in [4.78, 5) is 91.5. The van der Waals surface area contributed by atoms with Crippen LogP contribution in [0.2, 0.25) is 0 Å². The zero-order valence-electron chi connectivity index (χ0n) is 44.0. The first-order chi connectivity index (χ1) is 34.4. The number of benzene rings is 1. The van der Waals surface area contributed by atoms with Gasteiger partial charge in [0.25, 0.3) is 5.91 Å². The topological polar surface area (TPSA) is 209 Å². The van der Waals surface area contributed by atoms with Crippen molar-refractivity contribution in [1.29, 1.82) is 0 Å². The van der Waals surface area contributed by atoms with Crippen LogP contribution >= 0.6 is 0 Å². The SMILES string of the molecule is CCCCCCC(CC(=O)C1CN(C(=O)CCOCCOCCOCCOCCOCCOCCOCCOCCNC(=O)c2ccc(C(=O)C(CC)CC)cc2)CC1C(=O)CC(CC)C(C)=O)C(C)=O. The second-order valence-corrected chi connectivity index (χ2v) is 18.1. The first-order valence-corrected chi connectivity index (χ1v) is 26.3. The lowest BCUT2D eigenvalue weighted by molar-refractivity contribution is -0.134. The number of Topliss-reactive ketones (excluding diaryl/α,β-unsaturated/α-hetero) is 5. The van der Waals surface area contributed by atoms with Gasteiger partial charge in [0.1, 0.15) is 23.1 Å². The van der Waals surface area contributed by atoms with Crippen molar-refractivity contribution in [1.82, 2.24) is 10.2 Å². The number of ketones is 5. The van der Waals surface area contributed by atoms with Gasteiger partial charge < -0.3 is 48.1 Å². The minimum absolute atomic E-state index is 0.00632. The number of hydrogen-bond acceptors (Lipinski definition) is 15. The van der Waals surface area contributed by atoms with E-state index in [1.807, 2.05) is 20.8 Å². The third-order valence-electron chi connectivity index (χ3n) is 12.8. The average Bonchev–Trinajstić information content (AvgIpc) is 3.82. The molecular weight excluding hydrogens is 917 g/mol. The fourth-order valence-corrected chi connectivity index (χ4v) is 8.27. The molecule has 0 spiro atoms. The van der Waals surface area contributed by atoms with Gasteiger partial charge in [-0.05, 0) is 51.7 Å². The molecule has 1 fully saturated rings. The lowest BCUT2D eigenvalue weighted by Gasteiger charge is -2.20. The summed E-state index contributed by atoms with van der Waals surface area (Å²) in [5.74, 6) is -2.96. The van der Waals surface area contributed by atoms with Crippen LogP contribution < -0.4 is 5.32 Å². The zero-order chi connectivity index (χ0) is 52.1. The van der Waals surface area contributed by atoms with Gasteiger partial charge in [0, 0.05) is 73.2 Å². The number of ether oxygens (including phenoxy) is 8. The number of likely N-dealkylation sites (tertiary alicyclic amines) is 1. The molecule has 4 unspecified atom stereocenters. The Morgan fingerprint density at radius 1 is 0.507 bits per heavy atom. The molecule has 0 saturated carbocycles. The van der Waals surface area contributed by atoms with Crippen molar-refractivity contribution >= 4 is 40.7 Å². The molecule has 1 aliphatic heterocycles. The van der Waals surface area contributed by atoms with E-state index in [1.54, 1.807) is 29.2 Å². The molecule has 1 aromatic carbocycles. The maximum atomic E-state index is 13.7. The number of amides is 2. The molecule has 404 valence electrons. The number of nitrogens with one attached hydrogen (secondary N) is 1. The summed E-state index contributed by atoms with van der Waals surface area (Å²) in [6, 6.07) is 6.77. The predicted molar refractivity (Wildman–Crippen MR) is 269 cm³/mol. The van der Waals surface area contributed by atoms with Crippen LogP contribution in [0.1, 0.15) is 133 Å². The Hall–Kier alpha value is -3.81. The van der Waals surface area contributed by atoms with Gasteiger partial charge in [-0.15, -0.1) is 0 Å². The number of carbonyl (C=O) groups excluding carboxylic acids is 7. The lowest BCUT2D eigenvalue weighted by Crippen LogP contribution is -2.32. The van der Waals surface area contributed by atoms with Crippen molar-refractivity contribution in [2.24, 2.45) is 29.6 Å². The van der Waals surface area contributed by atoms with Gasteiger partial charge in [0.05, 0.1) is 112 Å². The average molecular weight is 1010 g/mol. The second-order valence-electron chi connectivity index (χ2n) is 18.1. The smallest absolute Gasteiger partial charge is 0.251 e. The van der Waals surface area contributed by atoms with Crippen molar-refractivity contribution < 1.29 is 71.5 Å². The van der Waals surface area contributed by atoms with Crippen molar-refractivity contribution in [2.45, 2.75) is 112 Å². The highest BCUT2D eigenvalue weighted by Crippen LogP contribution is 2.31. The molecule has 4 atom stereocenters. The van der Waals surface area contributed by atoms with Crippen molar-refractivity contribution in [3.63, 3.8) is 0 Å². The van der Waals surface area contributed by atoms with Crippen LogP contribution in [0.25, 0.3) is 0 Å². The molecule has 2 amide bonds.